The molecule has 0 spiro atoms. The van der Waals surface area contributed by atoms with E-state index in [1.165, 1.54) is 0 Å². The van der Waals surface area contributed by atoms with E-state index < -0.39 is 0 Å². The van der Waals surface area contributed by atoms with E-state index >= 15 is 0 Å². The molecule has 0 aliphatic carbocycles. The zero-order valence-electron chi connectivity index (χ0n) is 13.0. The Kier molecular flexibility index (Phi) is 4.80. The van der Waals surface area contributed by atoms with Crippen LogP contribution in [0.5, 0.6) is 5.75 Å². The van der Waals surface area contributed by atoms with Crippen molar-refractivity contribution in [3.63, 3.8) is 0 Å². The number of nitrogens with one attached hydrogen (secondary N) is 1. The van der Waals surface area contributed by atoms with Crippen molar-refractivity contribution in [1.29, 1.82) is 0 Å². The molecule has 0 aromatic heterocycles. The van der Waals surface area contributed by atoms with Crippen LogP contribution < -0.4 is 15.8 Å². The van der Waals surface area contributed by atoms with Gasteiger partial charge in [0, 0.05) is 25.1 Å². The van der Waals surface area contributed by atoms with Crippen LogP contribution in [-0.4, -0.2) is 56.9 Å². The first kappa shape index (κ1) is 15.1. The molecule has 2 atom stereocenters. The average Bonchev–Trinajstić information content (AvgIpc) is 2.53. The molecule has 0 amide bonds. The summed E-state index contributed by atoms with van der Waals surface area (Å²) in [5.74, 6) is 1.40. The molecule has 2 heterocycles. The minimum absolute atomic E-state index is 0.126. The summed E-state index contributed by atoms with van der Waals surface area (Å²) in [5.41, 5.74) is 7.18. The van der Waals surface area contributed by atoms with E-state index in [0.717, 1.165) is 37.4 Å². The second kappa shape index (κ2) is 6.98. The second-order valence-electron chi connectivity index (χ2n) is 5.85. The summed E-state index contributed by atoms with van der Waals surface area (Å²) >= 11 is 0. The number of nitrogens with zero attached hydrogens (tertiary/aromatic N) is 2. The summed E-state index contributed by atoms with van der Waals surface area (Å²) in [5, 5.41) is 3.30. The summed E-state index contributed by atoms with van der Waals surface area (Å²) in [6.45, 7) is 3.92. The summed E-state index contributed by atoms with van der Waals surface area (Å²) in [6, 6.07) is 8.21. The molecule has 1 aromatic rings. The lowest BCUT2D eigenvalue weighted by Gasteiger charge is -2.29. The van der Waals surface area contributed by atoms with Crippen molar-refractivity contribution < 1.29 is 9.47 Å². The number of hydrogen-bond acceptors (Lipinski definition) is 4. The number of benzene rings is 1. The Labute approximate surface area is 131 Å². The number of para-hydroxylation sites is 1. The van der Waals surface area contributed by atoms with Gasteiger partial charge in [0.15, 0.2) is 5.96 Å². The summed E-state index contributed by atoms with van der Waals surface area (Å²) in [6.07, 6.45) is 1.01. The van der Waals surface area contributed by atoms with Gasteiger partial charge in [-0.15, -0.1) is 0 Å². The maximum atomic E-state index is 6.04. The Morgan fingerprint density at radius 2 is 2.27 bits per heavy atom. The van der Waals surface area contributed by atoms with Crippen molar-refractivity contribution in [3.8, 4) is 5.75 Å². The van der Waals surface area contributed by atoms with Gasteiger partial charge in [-0.3, -0.25) is 4.99 Å². The average molecular weight is 304 g/mol. The Balaban J connectivity index is 1.57. The van der Waals surface area contributed by atoms with Crippen molar-refractivity contribution in [2.75, 3.05) is 39.9 Å². The fraction of sp³-hybridized carbons (Fsp3) is 0.562. The highest BCUT2D eigenvalue weighted by molar-refractivity contribution is 5.78. The maximum absolute atomic E-state index is 6.04. The van der Waals surface area contributed by atoms with Crippen LogP contribution >= 0.6 is 0 Å². The van der Waals surface area contributed by atoms with Crippen LogP contribution in [0.1, 0.15) is 18.0 Å². The van der Waals surface area contributed by atoms with Crippen LogP contribution in [0.4, 0.5) is 0 Å². The van der Waals surface area contributed by atoms with Crippen molar-refractivity contribution in [3.05, 3.63) is 29.8 Å². The first-order valence-electron chi connectivity index (χ1n) is 7.80. The molecule has 3 N–H and O–H groups in total. The van der Waals surface area contributed by atoms with Gasteiger partial charge in [-0.1, -0.05) is 18.2 Å². The van der Waals surface area contributed by atoms with Gasteiger partial charge in [-0.25, -0.2) is 0 Å². The third kappa shape index (κ3) is 3.69. The van der Waals surface area contributed by atoms with Gasteiger partial charge < -0.3 is 25.4 Å². The number of hydrogen-bond donors (Lipinski definition) is 2. The minimum atomic E-state index is 0.126. The molecule has 2 unspecified atom stereocenters. The molecular formula is C16H24N4O2. The number of ether oxygens (including phenoxy) is 2. The molecule has 2 aliphatic heterocycles. The molecular weight excluding hydrogens is 280 g/mol. The van der Waals surface area contributed by atoms with E-state index in [2.05, 4.69) is 28.3 Å². The van der Waals surface area contributed by atoms with Gasteiger partial charge >= 0.3 is 0 Å². The number of aliphatic imine (C=N–C) groups is 1. The van der Waals surface area contributed by atoms with Crippen molar-refractivity contribution in [2.24, 2.45) is 10.7 Å². The van der Waals surface area contributed by atoms with Gasteiger partial charge in [0.25, 0.3) is 0 Å². The fourth-order valence-corrected chi connectivity index (χ4v) is 2.89. The number of likely N-dealkylation sites (N-methyl/N-ethyl adjacent to an activating group) is 1. The predicted octanol–water partition coefficient (Wildman–Crippen LogP) is 0.745. The standard InChI is InChI=1S/C16H24N4O2/c1-20-7-9-21-12(11-20)10-18-16(17)19-14-6-8-22-15-5-3-2-4-13(14)15/h2-5,12,14H,6-11H2,1H3,(H3,17,18,19). The molecule has 6 heteroatoms. The zero-order valence-corrected chi connectivity index (χ0v) is 13.0. The number of morpholine rings is 1. The molecule has 1 aromatic carbocycles. The zero-order chi connectivity index (χ0) is 15.4. The van der Waals surface area contributed by atoms with E-state index in [1.54, 1.807) is 0 Å². The molecule has 22 heavy (non-hydrogen) atoms. The monoisotopic (exact) mass is 304 g/mol. The maximum Gasteiger partial charge on any atom is 0.189 e. The molecule has 0 radical (unpaired) electrons. The summed E-state index contributed by atoms with van der Waals surface area (Å²) < 4.78 is 11.3. The van der Waals surface area contributed by atoms with Crippen molar-refractivity contribution in [1.82, 2.24) is 10.2 Å². The lowest BCUT2D eigenvalue weighted by atomic mass is 10.0. The van der Waals surface area contributed by atoms with Crippen molar-refractivity contribution >= 4 is 5.96 Å². The number of rotatable bonds is 3. The minimum Gasteiger partial charge on any atom is -0.493 e. The SMILES string of the molecule is CN1CCOC(CN=C(N)NC2CCOc3ccccc32)C1. The molecule has 2 aliphatic rings. The molecule has 3 rings (SSSR count). The van der Waals surface area contributed by atoms with Gasteiger partial charge in [-0.2, -0.15) is 0 Å². The Hall–Kier alpha value is -1.79. The van der Waals surface area contributed by atoms with E-state index in [0.29, 0.717) is 19.1 Å². The van der Waals surface area contributed by atoms with Gasteiger partial charge in [-0.05, 0) is 13.1 Å². The molecule has 6 nitrogen and oxygen atoms in total. The first-order valence-corrected chi connectivity index (χ1v) is 7.80. The number of fused-ring (bicyclic) bond motifs is 1. The second-order valence-corrected chi connectivity index (χ2v) is 5.85. The van der Waals surface area contributed by atoms with Crippen molar-refractivity contribution in [2.45, 2.75) is 18.6 Å². The highest BCUT2D eigenvalue weighted by Crippen LogP contribution is 2.31. The molecule has 0 bridgehead atoms. The first-order chi connectivity index (χ1) is 10.7. The van der Waals surface area contributed by atoms with Crippen LogP contribution in [0.25, 0.3) is 0 Å². The van der Waals surface area contributed by atoms with E-state index in [9.17, 15) is 0 Å². The third-order valence-electron chi connectivity index (χ3n) is 4.09. The summed E-state index contributed by atoms with van der Waals surface area (Å²) in [7, 11) is 2.10. The Morgan fingerprint density at radius 1 is 1.41 bits per heavy atom. The van der Waals surface area contributed by atoms with E-state index in [1.807, 2.05) is 18.2 Å². The van der Waals surface area contributed by atoms with Crippen LogP contribution in [0.15, 0.2) is 29.3 Å². The van der Waals surface area contributed by atoms with Crippen LogP contribution in [0, 0.1) is 0 Å². The van der Waals surface area contributed by atoms with Gasteiger partial charge in [0.1, 0.15) is 5.75 Å². The molecule has 1 fully saturated rings. The fourth-order valence-electron chi connectivity index (χ4n) is 2.89. The smallest absolute Gasteiger partial charge is 0.189 e. The summed E-state index contributed by atoms with van der Waals surface area (Å²) in [4.78, 5) is 6.69. The van der Waals surface area contributed by atoms with Crippen LogP contribution in [0.3, 0.4) is 0 Å². The third-order valence-corrected chi connectivity index (χ3v) is 4.09. The van der Waals surface area contributed by atoms with Gasteiger partial charge in [0.05, 0.1) is 31.9 Å². The molecule has 0 saturated carbocycles. The number of guanidine groups is 1. The predicted molar refractivity (Wildman–Crippen MR) is 86.2 cm³/mol. The van der Waals surface area contributed by atoms with E-state index in [4.69, 9.17) is 15.2 Å². The Bertz CT molecular complexity index is 535. The highest BCUT2D eigenvalue weighted by Gasteiger charge is 2.22. The normalized spacial score (nSPS) is 26.1. The topological polar surface area (TPSA) is 72.1 Å². The van der Waals surface area contributed by atoms with E-state index in [-0.39, 0.29) is 12.1 Å². The van der Waals surface area contributed by atoms with Gasteiger partial charge in [0.2, 0.25) is 0 Å². The Morgan fingerprint density at radius 3 is 3.14 bits per heavy atom. The molecule has 120 valence electrons. The number of nitrogens with two attached hydrogens (primary N) is 1. The van der Waals surface area contributed by atoms with Crippen LogP contribution in [-0.2, 0) is 4.74 Å². The largest absolute Gasteiger partial charge is 0.493 e. The van der Waals surface area contributed by atoms with Crippen LogP contribution in [0.2, 0.25) is 0 Å². The lowest BCUT2D eigenvalue weighted by Crippen LogP contribution is -2.42. The quantitative estimate of drug-likeness (QED) is 0.637. The lowest BCUT2D eigenvalue weighted by molar-refractivity contribution is -0.0136. The molecule has 1 saturated heterocycles. The highest BCUT2D eigenvalue weighted by atomic mass is 16.5.